The molecule has 0 aliphatic carbocycles. The molecule has 1 nitrogen and oxygen atoms in total. The van der Waals surface area contributed by atoms with Gasteiger partial charge in [-0.05, 0) is 36.6 Å². The van der Waals surface area contributed by atoms with Crippen molar-refractivity contribution in [3.8, 4) is 0 Å². The first-order valence-corrected chi connectivity index (χ1v) is 6.61. The van der Waals surface area contributed by atoms with Crippen LogP contribution in [0.3, 0.4) is 0 Å². The van der Waals surface area contributed by atoms with E-state index in [0.717, 1.165) is 25.0 Å². The van der Waals surface area contributed by atoms with Crippen molar-refractivity contribution in [2.24, 2.45) is 0 Å². The zero-order valence-electron chi connectivity index (χ0n) is 11.3. The highest BCUT2D eigenvalue weighted by atomic mass is 19.4. The molecule has 0 atom stereocenters. The molecule has 1 N–H and O–H groups in total. The van der Waals surface area contributed by atoms with E-state index < -0.39 is 17.6 Å². The molecule has 0 bridgehead atoms. The first-order valence-electron chi connectivity index (χ1n) is 6.61. The van der Waals surface area contributed by atoms with Crippen LogP contribution in [0.5, 0.6) is 0 Å². The number of alkyl halides is 3. The van der Waals surface area contributed by atoms with Crippen molar-refractivity contribution in [3.05, 3.63) is 65.5 Å². The van der Waals surface area contributed by atoms with Crippen LogP contribution >= 0.6 is 0 Å². The van der Waals surface area contributed by atoms with E-state index in [1.807, 2.05) is 30.3 Å². The molecule has 2 aromatic carbocycles. The van der Waals surface area contributed by atoms with Crippen molar-refractivity contribution in [3.63, 3.8) is 0 Å². The maximum absolute atomic E-state index is 13.1. The Kier molecular flexibility index (Phi) is 4.83. The second-order valence-corrected chi connectivity index (χ2v) is 4.71. The van der Waals surface area contributed by atoms with E-state index in [1.165, 1.54) is 11.6 Å². The first-order chi connectivity index (χ1) is 9.97. The van der Waals surface area contributed by atoms with E-state index in [2.05, 4.69) is 5.32 Å². The first kappa shape index (κ1) is 15.4. The summed E-state index contributed by atoms with van der Waals surface area (Å²) in [5.41, 5.74) is 0.210. The fourth-order valence-electron chi connectivity index (χ4n) is 2.02. The predicted molar refractivity (Wildman–Crippen MR) is 74.7 cm³/mol. The lowest BCUT2D eigenvalue weighted by atomic mass is 10.1. The Labute approximate surface area is 120 Å². The smallest absolute Gasteiger partial charge is 0.385 e. The van der Waals surface area contributed by atoms with Gasteiger partial charge in [0.05, 0.1) is 5.56 Å². The Morgan fingerprint density at radius 1 is 0.952 bits per heavy atom. The fraction of sp³-hybridized carbons (Fsp3) is 0.250. The normalized spacial score (nSPS) is 11.4. The minimum absolute atomic E-state index is 0.275. The highest BCUT2D eigenvalue weighted by Gasteiger charge is 2.34. The molecule has 0 unspecified atom stereocenters. The molecular formula is C16H15F4N. The van der Waals surface area contributed by atoms with Gasteiger partial charge in [0.25, 0.3) is 0 Å². The molecule has 0 radical (unpaired) electrons. The Morgan fingerprint density at radius 3 is 2.33 bits per heavy atom. The summed E-state index contributed by atoms with van der Waals surface area (Å²) in [5, 5.41) is 2.89. The monoisotopic (exact) mass is 297 g/mol. The zero-order chi connectivity index (χ0) is 15.3. The van der Waals surface area contributed by atoms with E-state index in [9.17, 15) is 17.6 Å². The van der Waals surface area contributed by atoms with E-state index >= 15 is 0 Å². The molecule has 21 heavy (non-hydrogen) atoms. The minimum Gasteiger partial charge on any atom is -0.385 e. The molecule has 0 spiro atoms. The molecule has 5 heteroatoms. The van der Waals surface area contributed by atoms with Gasteiger partial charge >= 0.3 is 6.18 Å². The summed E-state index contributed by atoms with van der Waals surface area (Å²) in [6.07, 6.45) is -3.06. The second kappa shape index (κ2) is 6.61. The number of nitrogens with one attached hydrogen (secondary N) is 1. The minimum atomic E-state index is -4.67. The van der Waals surface area contributed by atoms with Crippen molar-refractivity contribution in [2.45, 2.75) is 19.0 Å². The number of halogens is 4. The number of anilines is 1. The van der Waals surface area contributed by atoms with Crippen molar-refractivity contribution in [2.75, 3.05) is 11.9 Å². The average molecular weight is 297 g/mol. The van der Waals surface area contributed by atoms with Crippen LogP contribution in [-0.2, 0) is 12.6 Å². The quantitative estimate of drug-likeness (QED) is 0.612. The third kappa shape index (κ3) is 4.48. The summed E-state index contributed by atoms with van der Waals surface area (Å²) in [6, 6.07) is 12.8. The largest absolute Gasteiger partial charge is 0.419 e. The Morgan fingerprint density at radius 2 is 1.67 bits per heavy atom. The Bertz CT molecular complexity index is 579. The van der Waals surface area contributed by atoms with Crippen LogP contribution in [0, 0.1) is 5.82 Å². The molecule has 0 amide bonds. The van der Waals surface area contributed by atoms with Gasteiger partial charge in [-0.2, -0.15) is 13.2 Å². The van der Waals surface area contributed by atoms with Gasteiger partial charge in [0.15, 0.2) is 0 Å². The molecule has 0 aliphatic heterocycles. The highest BCUT2D eigenvalue weighted by molar-refractivity contribution is 5.47. The van der Waals surface area contributed by atoms with Crippen molar-refractivity contribution in [1.29, 1.82) is 0 Å². The van der Waals surface area contributed by atoms with Gasteiger partial charge in [-0.3, -0.25) is 0 Å². The van der Waals surface area contributed by atoms with Gasteiger partial charge in [-0.25, -0.2) is 4.39 Å². The molecule has 2 rings (SSSR count). The van der Waals surface area contributed by atoms with Gasteiger partial charge < -0.3 is 5.32 Å². The van der Waals surface area contributed by atoms with Crippen molar-refractivity contribution in [1.82, 2.24) is 0 Å². The average Bonchev–Trinajstić information content (AvgIpc) is 2.45. The van der Waals surface area contributed by atoms with Crippen LogP contribution in [0.15, 0.2) is 48.5 Å². The van der Waals surface area contributed by atoms with E-state index in [4.69, 9.17) is 0 Å². The lowest BCUT2D eigenvalue weighted by Gasteiger charge is -2.11. The highest BCUT2D eigenvalue weighted by Crippen LogP contribution is 2.32. The lowest BCUT2D eigenvalue weighted by Crippen LogP contribution is -2.10. The summed E-state index contributed by atoms with van der Waals surface area (Å²) >= 11 is 0. The number of hydrogen-bond donors (Lipinski definition) is 1. The molecule has 0 saturated heterocycles. The van der Waals surface area contributed by atoms with E-state index in [1.54, 1.807) is 0 Å². The maximum Gasteiger partial charge on any atom is 0.419 e. The summed E-state index contributed by atoms with van der Waals surface area (Å²) in [7, 11) is 0. The number of rotatable bonds is 5. The third-order valence-electron chi connectivity index (χ3n) is 3.09. The molecular weight excluding hydrogens is 282 g/mol. The second-order valence-electron chi connectivity index (χ2n) is 4.71. The van der Waals surface area contributed by atoms with Crippen LogP contribution in [0.1, 0.15) is 17.5 Å². The van der Waals surface area contributed by atoms with Crippen LogP contribution in [0.4, 0.5) is 23.2 Å². The summed E-state index contributed by atoms with van der Waals surface area (Å²) < 4.78 is 50.8. The SMILES string of the molecule is Fc1ccc(NCCCc2ccccc2)cc1C(F)(F)F. The van der Waals surface area contributed by atoms with Crippen LogP contribution in [0.25, 0.3) is 0 Å². The molecule has 2 aromatic rings. The van der Waals surface area contributed by atoms with Gasteiger partial charge in [-0.15, -0.1) is 0 Å². The summed E-state index contributed by atoms with van der Waals surface area (Å²) in [5.74, 6) is -1.25. The molecule has 0 aromatic heterocycles. The lowest BCUT2D eigenvalue weighted by molar-refractivity contribution is -0.139. The third-order valence-corrected chi connectivity index (χ3v) is 3.09. The molecule has 0 fully saturated rings. The van der Waals surface area contributed by atoms with Gasteiger partial charge in [0.2, 0.25) is 0 Å². The zero-order valence-corrected chi connectivity index (χ0v) is 11.3. The Balaban J connectivity index is 1.89. The van der Waals surface area contributed by atoms with Crippen LogP contribution < -0.4 is 5.32 Å². The summed E-state index contributed by atoms with van der Waals surface area (Å²) in [6.45, 7) is 0.526. The topological polar surface area (TPSA) is 12.0 Å². The fourth-order valence-corrected chi connectivity index (χ4v) is 2.02. The van der Waals surface area contributed by atoms with Crippen LogP contribution in [0.2, 0.25) is 0 Å². The van der Waals surface area contributed by atoms with Gasteiger partial charge in [0, 0.05) is 12.2 Å². The molecule has 0 aliphatic rings. The predicted octanol–water partition coefficient (Wildman–Crippen LogP) is 4.89. The molecule has 112 valence electrons. The molecule has 0 heterocycles. The van der Waals surface area contributed by atoms with E-state index in [-0.39, 0.29) is 5.69 Å². The van der Waals surface area contributed by atoms with Gasteiger partial charge in [0.1, 0.15) is 5.82 Å². The van der Waals surface area contributed by atoms with E-state index in [0.29, 0.717) is 6.54 Å². The summed E-state index contributed by atoms with van der Waals surface area (Å²) in [4.78, 5) is 0. The Hall–Kier alpha value is -2.04. The number of aryl methyl sites for hydroxylation is 1. The van der Waals surface area contributed by atoms with Crippen molar-refractivity contribution < 1.29 is 17.6 Å². The maximum atomic E-state index is 13.1. The standard InChI is InChI=1S/C16H15F4N/c17-15-9-8-13(11-14(15)16(18,19)20)21-10-4-7-12-5-2-1-3-6-12/h1-3,5-6,8-9,11,21H,4,7,10H2. The molecule has 0 saturated carbocycles. The van der Waals surface area contributed by atoms with Gasteiger partial charge in [-0.1, -0.05) is 30.3 Å². The van der Waals surface area contributed by atoms with Crippen LogP contribution in [-0.4, -0.2) is 6.54 Å². The van der Waals surface area contributed by atoms with Crippen molar-refractivity contribution >= 4 is 5.69 Å². The number of benzene rings is 2. The number of hydrogen-bond acceptors (Lipinski definition) is 1.